The van der Waals surface area contributed by atoms with Crippen LogP contribution >= 0.6 is 11.6 Å². The summed E-state index contributed by atoms with van der Waals surface area (Å²) in [4.78, 5) is 0. The van der Waals surface area contributed by atoms with Crippen molar-refractivity contribution in [3.05, 3.63) is 41.4 Å². The Bertz CT molecular complexity index is 221. The molecule has 2 heteroatoms. The first-order valence-corrected chi connectivity index (χ1v) is 3.47. The topological polar surface area (TPSA) is 0 Å². The van der Waals surface area contributed by atoms with Crippen molar-refractivity contribution < 1.29 is 4.39 Å². The summed E-state index contributed by atoms with van der Waals surface area (Å²) in [7, 11) is 0.500. The minimum atomic E-state index is 0.500. The molecule has 0 aliphatic heterocycles. The van der Waals surface area contributed by atoms with E-state index < -0.39 is 0 Å². The highest BCUT2D eigenvalue weighted by molar-refractivity contribution is 6.32. The van der Waals surface area contributed by atoms with Crippen molar-refractivity contribution in [1.29, 1.82) is 0 Å². The minimum absolute atomic E-state index is 0.500. The number of benzene rings is 1. The molecule has 60 valence electrons. The Morgan fingerprint density at radius 2 is 1.91 bits per heavy atom. The Morgan fingerprint density at radius 3 is 2.27 bits per heavy atom. The maximum atomic E-state index is 9.50. The van der Waals surface area contributed by atoms with Crippen LogP contribution in [0.15, 0.2) is 30.8 Å². The molecule has 0 aliphatic carbocycles. The average molecular weight is 173 g/mol. The highest BCUT2D eigenvalue weighted by Gasteiger charge is 1.89. The summed E-state index contributed by atoms with van der Waals surface area (Å²) in [6.07, 6.45) is 1.74. The molecular weight excluding hydrogens is 163 g/mol. The molecule has 0 heterocycles. The van der Waals surface area contributed by atoms with Crippen molar-refractivity contribution in [3.8, 4) is 0 Å². The Hall–Kier alpha value is -0.820. The van der Waals surface area contributed by atoms with E-state index in [0.29, 0.717) is 7.18 Å². The van der Waals surface area contributed by atoms with Gasteiger partial charge in [-0.25, -0.2) is 0 Å². The van der Waals surface area contributed by atoms with E-state index in [2.05, 4.69) is 6.58 Å². The molecule has 11 heavy (non-hydrogen) atoms. The second-order valence-electron chi connectivity index (χ2n) is 1.73. The van der Waals surface area contributed by atoms with Gasteiger partial charge in [0.2, 0.25) is 0 Å². The molecule has 1 aromatic rings. The highest BCUT2D eigenvalue weighted by Crippen LogP contribution is 2.14. The van der Waals surface area contributed by atoms with Gasteiger partial charge < -0.3 is 0 Å². The SMILES string of the molecule is C=Cc1ccccc1Cl.CF. The van der Waals surface area contributed by atoms with Crippen molar-refractivity contribution in [1.82, 2.24) is 0 Å². The predicted molar refractivity (Wildman–Crippen MR) is 48.6 cm³/mol. The zero-order valence-corrected chi connectivity index (χ0v) is 7.11. The molecule has 0 fully saturated rings. The van der Waals surface area contributed by atoms with E-state index >= 15 is 0 Å². The van der Waals surface area contributed by atoms with Gasteiger partial charge in [0.25, 0.3) is 0 Å². The number of rotatable bonds is 1. The number of hydrogen-bond acceptors (Lipinski definition) is 0. The first kappa shape index (κ1) is 10.2. The highest BCUT2D eigenvalue weighted by atomic mass is 35.5. The van der Waals surface area contributed by atoms with E-state index in [-0.39, 0.29) is 0 Å². The summed E-state index contributed by atoms with van der Waals surface area (Å²) in [6.45, 7) is 3.61. The fraction of sp³-hybridized carbons (Fsp3) is 0.111. The van der Waals surface area contributed by atoms with E-state index in [1.54, 1.807) is 6.08 Å². The van der Waals surface area contributed by atoms with Gasteiger partial charge in [0.05, 0.1) is 7.18 Å². The van der Waals surface area contributed by atoms with Crippen LogP contribution in [0.2, 0.25) is 5.02 Å². The molecule has 0 amide bonds. The standard InChI is InChI=1S/C8H7Cl.CH3F/c1-2-7-5-3-4-6-8(7)9;1-2/h2-6H,1H2;1H3. The lowest BCUT2D eigenvalue weighted by Crippen LogP contribution is -1.69. The van der Waals surface area contributed by atoms with Gasteiger partial charge in [-0.05, 0) is 11.6 Å². The van der Waals surface area contributed by atoms with E-state index in [4.69, 9.17) is 11.6 Å². The molecule has 0 unspecified atom stereocenters. The fourth-order valence-corrected chi connectivity index (χ4v) is 0.854. The third-order valence-electron chi connectivity index (χ3n) is 1.13. The molecule has 0 aliphatic rings. The van der Waals surface area contributed by atoms with Crippen LogP contribution in [0, 0.1) is 0 Å². The van der Waals surface area contributed by atoms with Crippen molar-refractivity contribution in [2.24, 2.45) is 0 Å². The zero-order valence-electron chi connectivity index (χ0n) is 6.35. The van der Waals surface area contributed by atoms with Crippen LogP contribution < -0.4 is 0 Å². The molecule has 0 N–H and O–H groups in total. The van der Waals surface area contributed by atoms with Gasteiger partial charge in [0.15, 0.2) is 0 Å². The van der Waals surface area contributed by atoms with Crippen molar-refractivity contribution in [3.63, 3.8) is 0 Å². The Labute approximate surface area is 71.3 Å². The normalized spacial score (nSPS) is 7.91. The van der Waals surface area contributed by atoms with Gasteiger partial charge in [-0.15, -0.1) is 0 Å². The second kappa shape index (κ2) is 5.93. The van der Waals surface area contributed by atoms with Crippen LogP contribution in [0.1, 0.15) is 5.56 Å². The van der Waals surface area contributed by atoms with Crippen LogP contribution in [0.4, 0.5) is 4.39 Å². The van der Waals surface area contributed by atoms with Gasteiger partial charge in [-0.2, -0.15) is 0 Å². The maximum absolute atomic E-state index is 9.50. The first-order chi connectivity index (χ1) is 5.34. The van der Waals surface area contributed by atoms with Gasteiger partial charge in [-0.1, -0.05) is 42.5 Å². The summed E-state index contributed by atoms with van der Waals surface area (Å²) in [5, 5.41) is 0.757. The molecule has 0 atom stereocenters. The van der Waals surface area contributed by atoms with Crippen LogP contribution in [0.25, 0.3) is 6.08 Å². The average Bonchev–Trinajstić information content (AvgIpc) is 2.09. The predicted octanol–water partition coefficient (Wildman–Crippen LogP) is 3.57. The minimum Gasteiger partial charge on any atom is -0.255 e. The first-order valence-electron chi connectivity index (χ1n) is 3.09. The van der Waals surface area contributed by atoms with Crippen molar-refractivity contribution in [2.45, 2.75) is 0 Å². The molecule has 0 nitrogen and oxygen atoms in total. The molecule has 1 rings (SSSR count). The lowest BCUT2D eigenvalue weighted by Gasteiger charge is -1.92. The van der Waals surface area contributed by atoms with E-state index in [0.717, 1.165) is 10.6 Å². The lowest BCUT2D eigenvalue weighted by molar-refractivity contribution is 0.636. The van der Waals surface area contributed by atoms with Gasteiger partial charge in [-0.3, -0.25) is 4.39 Å². The van der Waals surface area contributed by atoms with Crippen LogP contribution in [0.5, 0.6) is 0 Å². The molecule has 0 radical (unpaired) electrons. The van der Waals surface area contributed by atoms with Crippen molar-refractivity contribution >= 4 is 17.7 Å². The zero-order chi connectivity index (χ0) is 8.69. The van der Waals surface area contributed by atoms with E-state index in [1.807, 2.05) is 24.3 Å². The summed E-state index contributed by atoms with van der Waals surface area (Å²) in [5.41, 5.74) is 0.985. The summed E-state index contributed by atoms with van der Waals surface area (Å²) >= 11 is 5.75. The van der Waals surface area contributed by atoms with Crippen LogP contribution in [0.3, 0.4) is 0 Å². The summed E-state index contributed by atoms with van der Waals surface area (Å²) in [6, 6.07) is 7.60. The Kier molecular flexibility index (Phi) is 5.49. The monoisotopic (exact) mass is 172 g/mol. The van der Waals surface area contributed by atoms with Gasteiger partial charge >= 0.3 is 0 Å². The lowest BCUT2D eigenvalue weighted by atomic mass is 10.2. The number of hydrogen-bond donors (Lipinski definition) is 0. The number of halogens is 2. The quantitative estimate of drug-likeness (QED) is 0.608. The summed E-state index contributed by atoms with van der Waals surface area (Å²) in [5.74, 6) is 0. The third-order valence-corrected chi connectivity index (χ3v) is 1.47. The van der Waals surface area contributed by atoms with E-state index in [9.17, 15) is 4.39 Å². The van der Waals surface area contributed by atoms with Gasteiger partial charge in [0, 0.05) is 5.02 Å². The Morgan fingerprint density at radius 1 is 1.36 bits per heavy atom. The molecule has 0 bridgehead atoms. The van der Waals surface area contributed by atoms with Crippen molar-refractivity contribution in [2.75, 3.05) is 7.18 Å². The maximum Gasteiger partial charge on any atom is 0.0785 e. The summed E-state index contributed by atoms with van der Waals surface area (Å²) < 4.78 is 9.50. The van der Waals surface area contributed by atoms with Crippen LogP contribution in [-0.2, 0) is 0 Å². The van der Waals surface area contributed by atoms with E-state index in [1.165, 1.54) is 0 Å². The second-order valence-corrected chi connectivity index (χ2v) is 2.13. The smallest absolute Gasteiger partial charge is 0.0785 e. The molecular formula is C9H10ClF. The fourth-order valence-electron chi connectivity index (χ4n) is 0.641. The largest absolute Gasteiger partial charge is 0.255 e. The molecule has 1 aromatic carbocycles. The Balaban J connectivity index is 0.000000461. The third kappa shape index (κ3) is 3.19. The molecule has 0 aromatic heterocycles. The number of alkyl halides is 1. The van der Waals surface area contributed by atoms with Gasteiger partial charge in [0.1, 0.15) is 0 Å². The molecule has 0 saturated carbocycles. The molecule has 0 saturated heterocycles. The molecule has 0 spiro atoms. The van der Waals surface area contributed by atoms with Crippen LogP contribution in [-0.4, -0.2) is 7.18 Å².